The van der Waals surface area contributed by atoms with Crippen molar-refractivity contribution in [2.24, 2.45) is 0 Å². The van der Waals surface area contributed by atoms with Crippen LogP contribution in [0.25, 0.3) is 0 Å². The van der Waals surface area contributed by atoms with Crippen LogP contribution in [-0.4, -0.2) is 58.4 Å². The number of halogens is 2. The number of anilines is 2. The smallest absolute Gasteiger partial charge is 0.274 e. The van der Waals surface area contributed by atoms with Crippen LogP contribution in [0.2, 0.25) is 10.0 Å². The van der Waals surface area contributed by atoms with Gasteiger partial charge in [-0.2, -0.15) is 0 Å². The van der Waals surface area contributed by atoms with E-state index in [0.717, 1.165) is 19.6 Å². The number of hydrogen-bond donors (Lipinski definition) is 1. The summed E-state index contributed by atoms with van der Waals surface area (Å²) in [6.45, 7) is 6.35. The molecule has 0 bridgehead atoms. The highest BCUT2D eigenvalue weighted by atomic mass is 35.5. The summed E-state index contributed by atoms with van der Waals surface area (Å²) in [5.41, 5.74) is 0.978. The minimum atomic E-state index is -0.0874. The van der Waals surface area contributed by atoms with Crippen LogP contribution >= 0.6 is 23.2 Å². The lowest BCUT2D eigenvalue weighted by atomic mass is 10.3. The molecule has 0 unspecified atom stereocenters. The summed E-state index contributed by atoms with van der Waals surface area (Å²) < 4.78 is 0. The van der Waals surface area contributed by atoms with Gasteiger partial charge in [0, 0.05) is 31.2 Å². The summed E-state index contributed by atoms with van der Waals surface area (Å²) in [4.78, 5) is 25.1. The van der Waals surface area contributed by atoms with Gasteiger partial charge in [-0.05, 0) is 24.7 Å². The molecule has 0 atom stereocenters. The fourth-order valence-electron chi connectivity index (χ4n) is 2.66. The summed E-state index contributed by atoms with van der Waals surface area (Å²) in [7, 11) is 0. The molecule has 8 heteroatoms. The summed E-state index contributed by atoms with van der Waals surface area (Å²) >= 11 is 12.1. The fourth-order valence-corrected chi connectivity index (χ4v) is 3.00. The van der Waals surface area contributed by atoms with Crippen molar-refractivity contribution in [2.45, 2.75) is 6.92 Å². The number of rotatable bonds is 4. The number of likely N-dealkylation sites (N-methyl/N-ethyl adjacent to an activating group) is 1. The van der Waals surface area contributed by atoms with Crippen molar-refractivity contribution < 1.29 is 4.79 Å². The third kappa shape index (κ3) is 4.39. The number of hydrogen-bond acceptors (Lipinski definition) is 5. The lowest BCUT2D eigenvalue weighted by Gasteiger charge is -2.33. The molecule has 0 saturated carbocycles. The van der Waals surface area contributed by atoms with Crippen LogP contribution in [0.4, 0.5) is 11.5 Å². The van der Waals surface area contributed by atoms with Gasteiger partial charge in [-0.1, -0.05) is 30.1 Å². The monoisotopic (exact) mass is 379 g/mol. The van der Waals surface area contributed by atoms with Crippen molar-refractivity contribution in [1.82, 2.24) is 19.8 Å². The predicted octanol–water partition coefficient (Wildman–Crippen LogP) is 3.30. The number of amides is 1. The Labute approximate surface area is 156 Å². The molecule has 1 aromatic carbocycles. The van der Waals surface area contributed by atoms with E-state index >= 15 is 0 Å². The van der Waals surface area contributed by atoms with E-state index < -0.39 is 0 Å². The van der Waals surface area contributed by atoms with Crippen LogP contribution in [-0.2, 0) is 0 Å². The molecule has 1 N–H and O–H groups in total. The Morgan fingerprint density at radius 3 is 2.56 bits per heavy atom. The number of carbonyl (C=O) groups excluding carboxylic acids is 1. The van der Waals surface area contributed by atoms with E-state index in [2.05, 4.69) is 27.1 Å². The number of nitrogens with one attached hydrogen (secondary N) is 1. The molecule has 1 fully saturated rings. The first-order valence-corrected chi connectivity index (χ1v) is 8.88. The van der Waals surface area contributed by atoms with Gasteiger partial charge in [0.05, 0.1) is 23.1 Å². The molecule has 1 aliphatic rings. The highest BCUT2D eigenvalue weighted by Crippen LogP contribution is 2.27. The number of benzene rings is 1. The zero-order valence-corrected chi connectivity index (χ0v) is 15.4. The van der Waals surface area contributed by atoms with E-state index in [1.807, 2.05) is 4.90 Å². The van der Waals surface area contributed by atoms with Gasteiger partial charge in [0.2, 0.25) is 0 Å². The third-order valence-electron chi connectivity index (χ3n) is 4.17. The summed E-state index contributed by atoms with van der Waals surface area (Å²) in [5.74, 6) is 0.409. The second-order valence-corrected chi connectivity index (χ2v) is 6.61. The van der Waals surface area contributed by atoms with Crippen LogP contribution in [0.3, 0.4) is 0 Å². The SMILES string of the molecule is CCN1CCN(C(=O)c2cnc(Nc3cc(Cl)ccc3Cl)cn2)CC1. The fraction of sp³-hybridized carbons (Fsp3) is 0.353. The summed E-state index contributed by atoms with van der Waals surface area (Å²) in [6, 6.07) is 5.12. The first-order valence-electron chi connectivity index (χ1n) is 8.12. The largest absolute Gasteiger partial charge is 0.338 e. The lowest BCUT2D eigenvalue weighted by Crippen LogP contribution is -2.48. The summed E-state index contributed by atoms with van der Waals surface area (Å²) in [5, 5.41) is 4.15. The van der Waals surface area contributed by atoms with Gasteiger partial charge in [0.15, 0.2) is 0 Å². The highest BCUT2D eigenvalue weighted by Gasteiger charge is 2.22. The molecule has 1 aromatic heterocycles. The second-order valence-electron chi connectivity index (χ2n) is 5.76. The van der Waals surface area contributed by atoms with Crippen LogP contribution < -0.4 is 5.32 Å². The molecule has 1 amide bonds. The van der Waals surface area contributed by atoms with Crippen LogP contribution in [0.1, 0.15) is 17.4 Å². The topological polar surface area (TPSA) is 61.4 Å². The van der Waals surface area contributed by atoms with Gasteiger partial charge in [0.25, 0.3) is 5.91 Å². The highest BCUT2D eigenvalue weighted by molar-refractivity contribution is 6.35. The van der Waals surface area contributed by atoms with E-state index in [0.29, 0.717) is 40.3 Å². The maximum atomic E-state index is 12.5. The predicted molar refractivity (Wildman–Crippen MR) is 99.8 cm³/mol. The van der Waals surface area contributed by atoms with Crippen molar-refractivity contribution in [3.05, 3.63) is 46.3 Å². The maximum Gasteiger partial charge on any atom is 0.274 e. The van der Waals surface area contributed by atoms with Gasteiger partial charge in [-0.25, -0.2) is 9.97 Å². The minimum absolute atomic E-state index is 0.0874. The van der Waals surface area contributed by atoms with Crippen molar-refractivity contribution in [3.8, 4) is 0 Å². The molecule has 6 nitrogen and oxygen atoms in total. The molecule has 2 heterocycles. The Balaban J connectivity index is 1.66. The van der Waals surface area contributed by atoms with Crippen LogP contribution in [0.15, 0.2) is 30.6 Å². The van der Waals surface area contributed by atoms with Gasteiger partial charge in [0.1, 0.15) is 11.5 Å². The zero-order chi connectivity index (χ0) is 17.8. The molecular formula is C17H19Cl2N5O. The lowest BCUT2D eigenvalue weighted by molar-refractivity contribution is 0.0637. The molecule has 0 radical (unpaired) electrons. The minimum Gasteiger partial charge on any atom is -0.338 e. The molecule has 1 saturated heterocycles. The van der Waals surface area contributed by atoms with Crippen LogP contribution in [0, 0.1) is 0 Å². The number of nitrogens with zero attached hydrogens (tertiary/aromatic N) is 4. The quantitative estimate of drug-likeness (QED) is 0.882. The van der Waals surface area contributed by atoms with Gasteiger partial charge in [-0.15, -0.1) is 0 Å². The van der Waals surface area contributed by atoms with E-state index in [1.54, 1.807) is 18.2 Å². The molecule has 0 aliphatic carbocycles. The Bertz CT molecular complexity index is 745. The number of aromatic nitrogens is 2. The number of carbonyl (C=O) groups is 1. The molecule has 3 rings (SSSR count). The Kier molecular flexibility index (Phi) is 5.73. The molecule has 0 spiro atoms. The third-order valence-corrected chi connectivity index (χ3v) is 4.73. The van der Waals surface area contributed by atoms with Crippen molar-refractivity contribution in [3.63, 3.8) is 0 Å². The molecular weight excluding hydrogens is 361 g/mol. The van der Waals surface area contributed by atoms with E-state index in [4.69, 9.17) is 23.2 Å². The normalized spacial score (nSPS) is 15.2. The maximum absolute atomic E-state index is 12.5. The number of piperazine rings is 1. The van der Waals surface area contributed by atoms with E-state index in [9.17, 15) is 4.79 Å². The molecule has 132 valence electrons. The summed E-state index contributed by atoms with van der Waals surface area (Å²) in [6.07, 6.45) is 3.00. The van der Waals surface area contributed by atoms with Gasteiger partial charge < -0.3 is 15.1 Å². The van der Waals surface area contributed by atoms with Crippen LogP contribution in [0.5, 0.6) is 0 Å². The molecule has 2 aromatic rings. The Hall–Kier alpha value is -1.89. The van der Waals surface area contributed by atoms with Crippen molar-refractivity contribution in [1.29, 1.82) is 0 Å². The molecule has 25 heavy (non-hydrogen) atoms. The second kappa shape index (κ2) is 7.99. The molecule has 1 aliphatic heterocycles. The van der Waals surface area contributed by atoms with Crippen molar-refractivity contribution in [2.75, 3.05) is 38.0 Å². The Morgan fingerprint density at radius 2 is 1.92 bits per heavy atom. The first kappa shape index (κ1) is 17.9. The average molecular weight is 380 g/mol. The van der Waals surface area contributed by atoms with Gasteiger partial charge >= 0.3 is 0 Å². The first-order chi connectivity index (χ1) is 12.1. The van der Waals surface area contributed by atoms with Gasteiger partial charge in [-0.3, -0.25) is 4.79 Å². The van der Waals surface area contributed by atoms with E-state index in [1.165, 1.54) is 12.4 Å². The van der Waals surface area contributed by atoms with Crippen molar-refractivity contribution >= 4 is 40.6 Å². The standard InChI is InChI=1S/C17H19Cl2N5O/c1-2-23-5-7-24(8-6-23)17(25)15-10-21-16(11-20-15)22-14-9-12(18)3-4-13(14)19/h3-4,9-11H,2,5-8H2,1H3,(H,21,22). The average Bonchev–Trinajstić information content (AvgIpc) is 2.65. The van der Waals surface area contributed by atoms with E-state index in [-0.39, 0.29) is 5.91 Å². The zero-order valence-electron chi connectivity index (χ0n) is 13.9. The Morgan fingerprint density at radius 1 is 1.16 bits per heavy atom.